The maximum atomic E-state index is 12.2. The van der Waals surface area contributed by atoms with Gasteiger partial charge >= 0.3 is 0 Å². The molecule has 4 heteroatoms. The van der Waals surface area contributed by atoms with Crippen molar-refractivity contribution in [2.75, 3.05) is 6.54 Å². The van der Waals surface area contributed by atoms with Gasteiger partial charge in [-0.1, -0.05) is 23.8 Å². The molecule has 0 unspecified atom stereocenters. The zero-order valence-corrected chi connectivity index (χ0v) is 12.7. The Bertz CT molecular complexity index is 908. The van der Waals surface area contributed by atoms with Gasteiger partial charge in [0, 0.05) is 18.7 Å². The predicted octanol–water partition coefficient (Wildman–Crippen LogP) is 3.06. The number of benzene rings is 2. The number of carbonyl (C=O) groups is 1. The largest absolute Gasteiger partial charge is 0.350 e. The molecule has 0 radical (unpaired) electrons. The van der Waals surface area contributed by atoms with E-state index in [0.29, 0.717) is 12.1 Å². The first kappa shape index (κ1) is 13.1. The maximum absolute atomic E-state index is 12.2. The fourth-order valence-electron chi connectivity index (χ4n) is 3.15. The third kappa shape index (κ3) is 1.84. The zero-order chi connectivity index (χ0) is 15.3. The molecular formula is C18H17N3O. The van der Waals surface area contributed by atoms with Crippen LogP contribution in [0.2, 0.25) is 0 Å². The lowest BCUT2D eigenvalue weighted by Gasteiger charge is -2.10. The number of aromatic nitrogens is 2. The highest BCUT2D eigenvalue weighted by atomic mass is 16.1. The molecule has 0 saturated carbocycles. The van der Waals surface area contributed by atoms with Gasteiger partial charge in [-0.25, -0.2) is 4.98 Å². The van der Waals surface area contributed by atoms with Gasteiger partial charge in [0.1, 0.15) is 5.82 Å². The normalized spacial score (nSPS) is 14.0. The second-order valence-corrected chi connectivity index (χ2v) is 5.83. The van der Waals surface area contributed by atoms with E-state index in [-0.39, 0.29) is 5.91 Å². The van der Waals surface area contributed by atoms with E-state index in [1.165, 1.54) is 11.1 Å². The molecule has 0 fully saturated rings. The van der Waals surface area contributed by atoms with E-state index in [4.69, 9.17) is 4.98 Å². The molecule has 1 aliphatic rings. The Morgan fingerprint density at radius 1 is 1.14 bits per heavy atom. The van der Waals surface area contributed by atoms with Gasteiger partial charge in [0.2, 0.25) is 0 Å². The Hall–Kier alpha value is -2.62. The van der Waals surface area contributed by atoms with Gasteiger partial charge in [-0.05, 0) is 37.6 Å². The van der Waals surface area contributed by atoms with Gasteiger partial charge in [-0.3, -0.25) is 4.79 Å². The Labute approximate surface area is 128 Å². The summed E-state index contributed by atoms with van der Waals surface area (Å²) in [4.78, 5) is 17.0. The molecule has 2 heterocycles. The van der Waals surface area contributed by atoms with Gasteiger partial charge in [0.25, 0.3) is 5.91 Å². The Morgan fingerprint density at radius 3 is 2.86 bits per heavy atom. The average Bonchev–Trinajstić information content (AvgIpc) is 2.79. The van der Waals surface area contributed by atoms with Crippen LogP contribution in [0.5, 0.6) is 0 Å². The third-order valence-electron chi connectivity index (χ3n) is 4.27. The first-order valence-electron chi connectivity index (χ1n) is 7.50. The van der Waals surface area contributed by atoms with Gasteiger partial charge in [0.15, 0.2) is 0 Å². The van der Waals surface area contributed by atoms with Crippen LogP contribution in [0.15, 0.2) is 36.4 Å². The van der Waals surface area contributed by atoms with Crippen LogP contribution in [0, 0.1) is 13.8 Å². The van der Waals surface area contributed by atoms with E-state index in [0.717, 1.165) is 29.0 Å². The van der Waals surface area contributed by atoms with Crippen molar-refractivity contribution in [1.29, 1.82) is 0 Å². The van der Waals surface area contributed by atoms with Crippen LogP contribution >= 0.6 is 0 Å². The second-order valence-electron chi connectivity index (χ2n) is 5.83. The molecule has 22 heavy (non-hydrogen) atoms. The molecule has 0 atom stereocenters. The number of rotatable bonds is 1. The molecule has 0 aliphatic carbocycles. The van der Waals surface area contributed by atoms with Crippen molar-refractivity contribution in [3.05, 3.63) is 53.1 Å². The number of aryl methyl sites for hydroxylation is 2. The van der Waals surface area contributed by atoms with Crippen molar-refractivity contribution in [2.45, 2.75) is 20.4 Å². The monoisotopic (exact) mass is 291 g/mol. The van der Waals surface area contributed by atoms with Crippen molar-refractivity contribution in [3.8, 4) is 11.4 Å². The number of imidazole rings is 1. The number of nitrogens with zero attached hydrogens (tertiary/aromatic N) is 2. The minimum Gasteiger partial charge on any atom is -0.350 e. The smallest absolute Gasteiger partial charge is 0.253 e. The van der Waals surface area contributed by atoms with Crippen molar-refractivity contribution in [1.82, 2.24) is 14.9 Å². The highest BCUT2D eigenvalue weighted by Gasteiger charge is 2.22. The van der Waals surface area contributed by atoms with Gasteiger partial charge in [-0.2, -0.15) is 0 Å². The van der Waals surface area contributed by atoms with E-state index >= 15 is 0 Å². The van der Waals surface area contributed by atoms with Crippen LogP contribution in [-0.4, -0.2) is 22.0 Å². The summed E-state index contributed by atoms with van der Waals surface area (Å²) in [5, 5.41) is 2.95. The van der Waals surface area contributed by atoms with E-state index in [2.05, 4.69) is 41.9 Å². The molecular weight excluding hydrogens is 274 g/mol. The standard InChI is InChI=1S/C18H17N3O/c1-11-6-7-12(2)14(10-11)17-20-15-5-3-4-13-16(15)21(17)9-8-19-18(13)22/h3-7,10H,8-9H2,1-2H3,(H,19,22). The topological polar surface area (TPSA) is 46.9 Å². The summed E-state index contributed by atoms with van der Waals surface area (Å²) >= 11 is 0. The van der Waals surface area contributed by atoms with Crippen molar-refractivity contribution < 1.29 is 4.79 Å². The summed E-state index contributed by atoms with van der Waals surface area (Å²) in [7, 11) is 0. The lowest BCUT2D eigenvalue weighted by atomic mass is 10.1. The molecule has 0 bridgehead atoms. The number of hydrogen-bond acceptors (Lipinski definition) is 2. The molecule has 4 nitrogen and oxygen atoms in total. The molecule has 1 aliphatic heterocycles. The summed E-state index contributed by atoms with van der Waals surface area (Å²) in [6, 6.07) is 12.1. The fourth-order valence-corrected chi connectivity index (χ4v) is 3.15. The second kappa shape index (κ2) is 4.70. The molecule has 1 aromatic heterocycles. The molecule has 3 aromatic rings. The summed E-state index contributed by atoms with van der Waals surface area (Å²) in [6.07, 6.45) is 0. The van der Waals surface area contributed by atoms with Crippen LogP contribution in [0.3, 0.4) is 0 Å². The molecule has 1 amide bonds. The first-order chi connectivity index (χ1) is 10.6. The highest BCUT2D eigenvalue weighted by molar-refractivity contribution is 6.06. The number of nitrogens with one attached hydrogen (secondary N) is 1. The Morgan fingerprint density at radius 2 is 2.00 bits per heavy atom. The molecule has 2 aromatic carbocycles. The van der Waals surface area contributed by atoms with Gasteiger partial charge in [-0.15, -0.1) is 0 Å². The lowest BCUT2D eigenvalue weighted by Crippen LogP contribution is -2.24. The molecule has 110 valence electrons. The van der Waals surface area contributed by atoms with Gasteiger partial charge in [0.05, 0.1) is 16.6 Å². The minimum atomic E-state index is -0.0169. The van der Waals surface area contributed by atoms with E-state index in [9.17, 15) is 4.79 Å². The predicted molar refractivity (Wildman–Crippen MR) is 87.0 cm³/mol. The number of amides is 1. The van der Waals surface area contributed by atoms with Crippen molar-refractivity contribution in [3.63, 3.8) is 0 Å². The van der Waals surface area contributed by atoms with Crippen LogP contribution in [0.1, 0.15) is 21.5 Å². The quantitative estimate of drug-likeness (QED) is 0.749. The highest BCUT2D eigenvalue weighted by Crippen LogP contribution is 2.30. The van der Waals surface area contributed by atoms with Crippen LogP contribution in [-0.2, 0) is 6.54 Å². The fraction of sp³-hybridized carbons (Fsp3) is 0.222. The first-order valence-corrected chi connectivity index (χ1v) is 7.50. The lowest BCUT2D eigenvalue weighted by molar-refractivity contribution is 0.0956. The number of carbonyl (C=O) groups excluding carboxylic acids is 1. The molecule has 0 saturated heterocycles. The summed E-state index contributed by atoms with van der Waals surface area (Å²) in [5.74, 6) is 0.928. The maximum Gasteiger partial charge on any atom is 0.253 e. The van der Waals surface area contributed by atoms with Crippen LogP contribution in [0.4, 0.5) is 0 Å². The van der Waals surface area contributed by atoms with Crippen LogP contribution in [0.25, 0.3) is 22.4 Å². The van der Waals surface area contributed by atoms with E-state index in [1.807, 2.05) is 18.2 Å². The average molecular weight is 291 g/mol. The van der Waals surface area contributed by atoms with Crippen molar-refractivity contribution in [2.24, 2.45) is 0 Å². The van der Waals surface area contributed by atoms with Crippen molar-refractivity contribution >= 4 is 16.9 Å². The Kier molecular flexibility index (Phi) is 2.79. The number of hydrogen-bond donors (Lipinski definition) is 1. The van der Waals surface area contributed by atoms with Crippen LogP contribution < -0.4 is 5.32 Å². The van der Waals surface area contributed by atoms with E-state index in [1.54, 1.807) is 0 Å². The zero-order valence-electron chi connectivity index (χ0n) is 12.7. The van der Waals surface area contributed by atoms with Gasteiger partial charge < -0.3 is 9.88 Å². The Balaban J connectivity index is 2.07. The summed E-state index contributed by atoms with van der Waals surface area (Å²) in [6.45, 7) is 5.55. The molecule has 4 rings (SSSR count). The SMILES string of the molecule is Cc1ccc(C)c(-c2nc3cccc4c3n2CCNC4=O)c1. The third-order valence-corrected chi connectivity index (χ3v) is 4.27. The molecule has 0 spiro atoms. The summed E-state index contributed by atoms with van der Waals surface area (Å²) < 4.78 is 2.17. The van der Waals surface area contributed by atoms with E-state index < -0.39 is 0 Å². The summed E-state index contributed by atoms with van der Waals surface area (Å²) in [5.41, 5.74) is 6.07. The number of para-hydroxylation sites is 1. The molecule has 1 N–H and O–H groups in total. The minimum absolute atomic E-state index is 0.0169.